The van der Waals surface area contributed by atoms with Gasteiger partial charge in [0, 0.05) is 6.54 Å². The van der Waals surface area contributed by atoms with Crippen LogP contribution in [0.4, 0.5) is 0 Å². The van der Waals surface area contributed by atoms with E-state index in [0.717, 1.165) is 0 Å². The lowest BCUT2D eigenvalue weighted by Crippen LogP contribution is -1.90. The van der Waals surface area contributed by atoms with Crippen molar-refractivity contribution < 1.29 is 13.0 Å². The van der Waals surface area contributed by atoms with Gasteiger partial charge in [0.25, 0.3) is 10.1 Å². The number of hydrogen-bond donors (Lipinski definition) is 2. The van der Waals surface area contributed by atoms with E-state index in [-0.39, 0.29) is 0 Å². The van der Waals surface area contributed by atoms with Crippen LogP contribution in [0.15, 0.2) is 24.6 Å². The van der Waals surface area contributed by atoms with E-state index in [1.807, 2.05) is 0 Å². The molecule has 0 bridgehead atoms. The van der Waals surface area contributed by atoms with Crippen LogP contribution in [0.3, 0.4) is 0 Å². The minimum Gasteiger partial charge on any atom is -0.327 e. The first-order valence-electron chi connectivity index (χ1n) is 2.38. The normalized spacial score (nSPS) is 9.00. The fourth-order valence-electron chi connectivity index (χ4n) is 0. The molecule has 0 unspecified atom stereocenters. The van der Waals surface area contributed by atoms with Crippen LogP contribution in [0.5, 0.6) is 0 Å². The topological polar surface area (TPSA) is 80.4 Å². The molecule has 0 aliphatic carbocycles. The first kappa shape index (κ1) is 12.1. The van der Waals surface area contributed by atoms with Gasteiger partial charge in [-0.2, -0.15) is 8.42 Å². The lowest BCUT2D eigenvalue weighted by atomic mass is 10.7. The van der Waals surface area contributed by atoms with E-state index in [9.17, 15) is 8.42 Å². The fourth-order valence-corrected chi connectivity index (χ4v) is 0. The van der Waals surface area contributed by atoms with Gasteiger partial charge in [-0.3, -0.25) is 4.55 Å². The van der Waals surface area contributed by atoms with Crippen molar-refractivity contribution in [2.75, 3.05) is 6.54 Å². The van der Waals surface area contributed by atoms with Crippen molar-refractivity contribution in [1.82, 2.24) is 0 Å². The lowest BCUT2D eigenvalue weighted by molar-refractivity contribution is 0.494. The van der Waals surface area contributed by atoms with Crippen LogP contribution in [0.25, 0.3) is 0 Å². The van der Waals surface area contributed by atoms with E-state index in [1.165, 1.54) is 0 Å². The first-order valence-corrected chi connectivity index (χ1v) is 3.89. The van der Waals surface area contributed by atoms with E-state index >= 15 is 0 Å². The third kappa shape index (κ3) is 26.4. The van der Waals surface area contributed by atoms with Gasteiger partial charge in [0.15, 0.2) is 0 Å². The Bertz CT molecular complexity index is 171. The molecule has 0 aliphatic rings. The van der Waals surface area contributed by atoms with Crippen molar-refractivity contribution in [3.05, 3.63) is 24.6 Å². The summed E-state index contributed by atoms with van der Waals surface area (Å²) in [5.74, 6) is 0. The molecule has 0 atom stereocenters. The SMILES string of the molecule is C=CCN.C=CS(=O)(=O)O. The highest BCUT2D eigenvalue weighted by Crippen LogP contribution is 1.75. The molecule has 0 aromatic carbocycles. The van der Waals surface area contributed by atoms with Crippen LogP contribution < -0.4 is 5.73 Å². The Morgan fingerprint density at radius 1 is 1.50 bits per heavy atom. The Labute approximate surface area is 60.8 Å². The zero-order chi connectivity index (χ0) is 8.62. The molecule has 60 valence electrons. The average molecular weight is 165 g/mol. The number of hydrogen-bond acceptors (Lipinski definition) is 3. The highest BCUT2D eigenvalue weighted by Gasteiger charge is 1.87. The average Bonchev–Trinajstić information content (AvgIpc) is 1.87. The Kier molecular flexibility index (Phi) is 7.81. The van der Waals surface area contributed by atoms with Crippen molar-refractivity contribution in [3.8, 4) is 0 Å². The molecule has 0 radical (unpaired) electrons. The van der Waals surface area contributed by atoms with Gasteiger partial charge in [-0.05, 0) is 0 Å². The van der Waals surface area contributed by atoms with E-state index in [1.54, 1.807) is 6.08 Å². The second kappa shape index (κ2) is 6.47. The van der Waals surface area contributed by atoms with Crippen LogP contribution in [-0.2, 0) is 10.1 Å². The molecule has 0 amide bonds. The molecule has 3 N–H and O–H groups in total. The summed E-state index contributed by atoms with van der Waals surface area (Å²) < 4.78 is 26.6. The van der Waals surface area contributed by atoms with Gasteiger partial charge < -0.3 is 5.73 Å². The van der Waals surface area contributed by atoms with Gasteiger partial charge in [-0.1, -0.05) is 12.7 Å². The predicted octanol–water partition coefficient (Wildman–Crippen LogP) is 0.149. The van der Waals surface area contributed by atoms with Gasteiger partial charge in [-0.25, -0.2) is 0 Å². The molecule has 0 fully saturated rings. The monoisotopic (exact) mass is 165 g/mol. The summed E-state index contributed by atoms with van der Waals surface area (Å²) in [5.41, 5.74) is 4.91. The molecule has 4 nitrogen and oxygen atoms in total. The molecular weight excluding hydrogens is 154 g/mol. The Balaban J connectivity index is 0. The summed E-state index contributed by atoms with van der Waals surface area (Å²) in [6.07, 6.45) is 1.65. The van der Waals surface area contributed by atoms with Gasteiger partial charge in [0.05, 0.1) is 5.41 Å². The maximum absolute atomic E-state index is 9.44. The van der Waals surface area contributed by atoms with Gasteiger partial charge >= 0.3 is 0 Å². The summed E-state index contributed by atoms with van der Waals surface area (Å²) in [4.78, 5) is 0. The maximum atomic E-state index is 9.44. The zero-order valence-corrected chi connectivity index (χ0v) is 6.34. The first-order chi connectivity index (χ1) is 4.47. The molecule has 0 saturated heterocycles. The van der Waals surface area contributed by atoms with Crippen molar-refractivity contribution in [2.45, 2.75) is 0 Å². The zero-order valence-electron chi connectivity index (χ0n) is 5.53. The quantitative estimate of drug-likeness (QED) is 0.451. The van der Waals surface area contributed by atoms with Gasteiger partial charge in [0.1, 0.15) is 0 Å². The van der Waals surface area contributed by atoms with E-state index < -0.39 is 10.1 Å². The summed E-state index contributed by atoms with van der Waals surface area (Å²) in [5, 5.41) is 0.465. The predicted molar refractivity (Wildman–Crippen MR) is 41.0 cm³/mol. The second-order valence-corrected chi connectivity index (χ2v) is 2.57. The van der Waals surface area contributed by atoms with E-state index in [0.29, 0.717) is 12.0 Å². The molecule has 5 heteroatoms. The highest BCUT2D eigenvalue weighted by molar-refractivity contribution is 7.88. The minimum atomic E-state index is -3.90. The molecular formula is C5H11NO3S. The smallest absolute Gasteiger partial charge is 0.287 e. The Hall–Kier alpha value is -0.650. The van der Waals surface area contributed by atoms with Crippen LogP contribution >= 0.6 is 0 Å². The van der Waals surface area contributed by atoms with Gasteiger partial charge in [0.2, 0.25) is 0 Å². The molecule has 10 heavy (non-hydrogen) atoms. The standard InChI is InChI=1S/C3H7N.C2H4O3S/c1-2-3-4;1-2-6(3,4)5/h2H,1,3-4H2;2H,1H2,(H,3,4,5). The van der Waals surface area contributed by atoms with E-state index in [4.69, 9.17) is 10.3 Å². The summed E-state index contributed by atoms with van der Waals surface area (Å²) >= 11 is 0. The highest BCUT2D eigenvalue weighted by atomic mass is 32.2. The molecule has 0 saturated carbocycles. The third-order valence-electron chi connectivity index (χ3n) is 0.377. The third-order valence-corrected chi connectivity index (χ3v) is 0.799. The van der Waals surface area contributed by atoms with Crippen molar-refractivity contribution in [2.24, 2.45) is 5.73 Å². The van der Waals surface area contributed by atoms with Crippen molar-refractivity contribution >= 4 is 10.1 Å². The number of nitrogens with two attached hydrogens (primary N) is 1. The Morgan fingerprint density at radius 3 is 1.70 bits per heavy atom. The molecule has 0 aromatic rings. The van der Waals surface area contributed by atoms with Crippen LogP contribution in [-0.4, -0.2) is 19.5 Å². The van der Waals surface area contributed by atoms with Crippen LogP contribution in [0, 0.1) is 0 Å². The molecule has 0 aliphatic heterocycles. The molecule has 0 rings (SSSR count). The largest absolute Gasteiger partial charge is 0.327 e. The second-order valence-electron chi connectivity index (χ2n) is 1.21. The lowest BCUT2D eigenvalue weighted by Gasteiger charge is -1.73. The summed E-state index contributed by atoms with van der Waals surface area (Å²) in [6.45, 7) is 6.73. The van der Waals surface area contributed by atoms with Crippen LogP contribution in [0.1, 0.15) is 0 Å². The number of rotatable bonds is 2. The van der Waals surface area contributed by atoms with Crippen molar-refractivity contribution in [3.63, 3.8) is 0 Å². The van der Waals surface area contributed by atoms with E-state index in [2.05, 4.69) is 13.2 Å². The molecule has 0 heterocycles. The maximum Gasteiger partial charge on any atom is 0.287 e. The Morgan fingerprint density at radius 2 is 1.70 bits per heavy atom. The fraction of sp³-hybridized carbons (Fsp3) is 0.200. The molecule has 0 aromatic heterocycles. The summed E-state index contributed by atoms with van der Waals surface area (Å²) in [7, 11) is -3.90. The van der Waals surface area contributed by atoms with Crippen molar-refractivity contribution in [1.29, 1.82) is 0 Å². The summed E-state index contributed by atoms with van der Waals surface area (Å²) in [6, 6.07) is 0. The van der Waals surface area contributed by atoms with Crippen LogP contribution in [0.2, 0.25) is 0 Å². The minimum absolute atomic E-state index is 0.465. The van der Waals surface area contributed by atoms with Gasteiger partial charge in [-0.15, -0.1) is 6.58 Å². The molecule has 0 spiro atoms.